The first-order valence-corrected chi connectivity index (χ1v) is 6.33. The van der Waals surface area contributed by atoms with E-state index in [1.165, 1.54) is 30.2 Å². The Bertz CT molecular complexity index is 526. The standard InChI is InChI=1S/C16H19N/c1-3-4-5-6-7-14-9-11-16-15(12-14)10-8-13(2)17-16/h6-12H,3-5H2,1-2H3. The van der Waals surface area contributed by atoms with Crippen LogP contribution in [0.4, 0.5) is 0 Å². The number of hydrogen-bond acceptors (Lipinski definition) is 1. The van der Waals surface area contributed by atoms with Crippen LogP contribution in [0, 0.1) is 6.92 Å². The molecule has 0 saturated heterocycles. The lowest BCUT2D eigenvalue weighted by Crippen LogP contribution is -1.83. The van der Waals surface area contributed by atoms with Crippen LogP contribution >= 0.6 is 0 Å². The molecule has 0 atom stereocenters. The number of aromatic nitrogens is 1. The number of nitrogens with zero attached hydrogens (tertiary/aromatic N) is 1. The molecule has 0 amide bonds. The second-order valence-electron chi connectivity index (χ2n) is 4.45. The van der Waals surface area contributed by atoms with Gasteiger partial charge in [-0.1, -0.05) is 44.1 Å². The molecule has 0 N–H and O–H groups in total. The van der Waals surface area contributed by atoms with Crippen LogP contribution < -0.4 is 0 Å². The molecule has 17 heavy (non-hydrogen) atoms. The third kappa shape index (κ3) is 3.16. The Hall–Kier alpha value is -1.63. The van der Waals surface area contributed by atoms with Crippen molar-refractivity contribution in [3.63, 3.8) is 0 Å². The first-order chi connectivity index (χ1) is 8.29. The van der Waals surface area contributed by atoms with Gasteiger partial charge < -0.3 is 0 Å². The lowest BCUT2D eigenvalue weighted by molar-refractivity contribution is 0.816. The zero-order valence-electron chi connectivity index (χ0n) is 10.6. The molecule has 2 aromatic rings. The van der Waals surface area contributed by atoms with Crippen molar-refractivity contribution in [3.8, 4) is 0 Å². The van der Waals surface area contributed by atoms with Gasteiger partial charge in [0.15, 0.2) is 0 Å². The summed E-state index contributed by atoms with van der Waals surface area (Å²) in [6, 6.07) is 10.6. The average Bonchev–Trinajstić information content (AvgIpc) is 2.35. The largest absolute Gasteiger partial charge is 0.253 e. The lowest BCUT2D eigenvalue weighted by atomic mass is 10.1. The van der Waals surface area contributed by atoms with Crippen molar-refractivity contribution in [2.45, 2.75) is 33.1 Å². The first kappa shape index (κ1) is 11.8. The van der Waals surface area contributed by atoms with E-state index in [2.05, 4.69) is 54.4 Å². The zero-order chi connectivity index (χ0) is 12.1. The van der Waals surface area contributed by atoms with Crippen LogP contribution in [0.1, 0.15) is 37.4 Å². The van der Waals surface area contributed by atoms with E-state index in [0.29, 0.717) is 0 Å². The van der Waals surface area contributed by atoms with Crippen LogP contribution in [0.15, 0.2) is 36.4 Å². The molecule has 0 aliphatic heterocycles. The van der Waals surface area contributed by atoms with Gasteiger partial charge in [-0.15, -0.1) is 0 Å². The smallest absolute Gasteiger partial charge is 0.0705 e. The van der Waals surface area contributed by atoms with E-state index in [0.717, 1.165) is 11.2 Å². The maximum absolute atomic E-state index is 4.50. The number of rotatable bonds is 4. The van der Waals surface area contributed by atoms with Gasteiger partial charge in [-0.3, -0.25) is 4.98 Å². The molecule has 1 nitrogen and oxygen atoms in total. The summed E-state index contributed by atoms with van der Waals surface area (Å²) < 4.78 is 0. The number of hydrogen-bond donors (Lipinski definition) is 0. The van der Waals surface area contributed by atoms with Crippen molar-refractivity contribution in [2.75, 3.05) is 0 Å². The van der Waals surface area contributed by atoms with Crippen LogP contribution in [0.5, 0.6) is 0 Å². The molecule has 1 aromatic carbocycles. The van der Waals surface area contributed by atoms with Crippen molar-refractivity contribution in [2.24, 2.45) is 0 Å². The van der Waals surface area contributed by atoms with Crippen LogP contribution in [-0.2, 0) is 0 Å². The van der Waals surface area contributed by atoms with Gasteiger partial charge in [-0.05, 0) is 37.1 Å². The van der Waals surface area contributed by atoms with Crippen molar-refractivity contribution >= 4 is 17.0 Å². The molecule has 0 aliphatic rings. The van der Waals surface area contributed by atoms with Gasteiger partial charge in [0.1, 0.15) is 0 Å². The number of fused-ring (bicyclic) bond motifs is 1. The summed E-state index contributed by atoms with van der Waals surface area (Å²) >= 11 is 0. The number of aryl methyl sites for hydroxylation is 1. The Kier molecular flexibility index (Phi) is 3.92. The highest BCUT2D eigenvalue weighted by molar-refractivity contribution is 5.81. The summed E-state index contributed by atoms with van der Waals surface area (Å²) in [4.78, 5) is 4.50. The molecule has 1 heterocycles. The second-order valence-corrected chi connectivity index (χ2v) is 4.45. The highest BCUT2D eigenvalue weighted by atomic mass is 14.7. The highest BCUT2D eigenvalue weighted by Gasteiger charge is 1.95. The van der Waals surface area contributed by atoms with Crippen LogP contribution in [0.25, 0.3) is 17.0 Å². The molecular formula is C16H19N. The van der Waals surface area contributed by atoms with E-state index in [4.69, 9.17) is 0 Å². The minimum Gasteiger partial charge on any atom is -0.253 e. The fourth-order valence-electron chi connectivity index (χ4n) is 1.89. The molecular weight excluding hydrogens is 206 g/mol. The van der Waals surface area contributed by atoms with E-state index in [9.17, 15) is 0 Å². The Morgan fingerprint density at radius 2 is 2.06 bits per heavy atom. The average molecular weight is 225 g/mol. The van der Waals surface area contributed by atoms with E-state index in [1.54, 1.807) is 0 Å². The minimum atomic E-state index is 1.07. The molecule has 0 aliphatic carbocycles. The number of pyridine rings is 1. The van der Waals surface area contributed by atoms with Gasteiger partial charge in [0.25, 0.3) is 0 Å². The van der Waals surface area contributed by atoms with Crippen molar-refractivity contribution in [1.29, 1.82) is 0 Å². The van der Waals surface area contributed by atoms with E-state index < -0.39 is 0 Å². The fraction of sp³-hybridized carbons (Fsp3) is 0.312. The molecule has 0 saturated carbocycles. The molecule has 0 bridgehead atoms. The quantitative estimate of drug-likeness (QED) is 0.684. The monoisotopic (exact) mass is 225 g/mol. The van der Waals surface area contributed by atoms with E-state index >= 15 is 0 Å². The van der Waals surface area contributed by atoms with Crippen molar-refractivity contribution in [3.05, 3.63) is 47.7 Å². The molecule has 88 valence electrons. The third-order valence-corrected chi connectivity index (χ3v) is 2.89. The number of benzene rings is 1. The molecule has 1 aromatic heterocycles. The molecule has 1 heteroatoms. The van der Waals surface area contributed by atoms with Gasteiger partial charge in [-0.25, -0.2) is 0 Å². The Labute approximate surface area is 103 Å². The Morgan fingerprint density at radius 3 is 2.88 bits per heavy atom. The summed E-state index contributed by atoms with van der Waals surface area (Å²) in [5.41, 5.74) is 3.42. The Morgan fingerprint density at radius 1 is 1.18 bits per heavy atom. The molecule has 0 unspecified atom stereocenters. The molecule has 0 fully saturated rings. The maximum atomic E-state index is 4.50. The van der Waals surface area contributed by atoms with Crippen LogP contribution in [0.2, 0.25) is 0 Å². The predicted octanol–water partition coefficient (Wildman–Crippen LogP) is 4.75. The highest BCUT2D eigenvalue weighted by Crippen LogP contribution is 2.16. The SMILES string of the molecule is CCCCC=Cc1ccc2nc(C)ccc2c1. The van der Waals surface area contributed by atoms with Gasteiger partial charge in [0.2, 0.25) is 0 Å². The van der Waals surface area contributed by atoms with Gasteiger partial charge in [0.05, 0.1) is 5.52 Å². The van der Waals surface area contributed by atoms with Crippen LogP contribution in [-0.4, -0.2) is 4.98 Å². The summed E-state index contributed by atoms with van der Waals surface area (Å²) in [6.07, 6.45) is 8.15. The van der Waals surface area contributed by atoms with Crippen molar-refractivity contribution < 1.29 is 0 Å². The van der Waals surface area contributed by atoms with Crippen LogP contribution in [0.3, 0.4) is 0 Å². The predicted molar refractivity (Wildman–Crippen MR) is 75.0 cm³/mol. The number of unbranched alkanes of at least 4 members (excludes halogenated alkanes) is 2. The zero-order valence-corrected chi connectivity index (χ0v) is 10.6. The van der Waals surface area contributed by atoms with E-state index in [1.807, 2.05) is 6.92 Å². The van der Waals surface area contributed by atoms with Gasteiger partial charge in [-0.2, -0.15) is 0 Å². The summed E-state index contributed by atoms with van der Waals surface area (Å²) in [5, 5.41) is 1.22. The normalized spacial score (nSPS) is 11.4. The van der Waals surface area contributed by atoms with Gasteiger partial charge in [0, 0.05) is 11.1 Å². The number of allylic oxidation sites excluding steroid dienone is 1. The third-order valence-electron chi connectivity index (χ3n) is 2.89. The molecule has 0 spiro atoms. The topological polar surface area (TPSA) is 12.9 Å². The van der Waals surface area contributed by atoms with Gasteiger partial charge >= 0.3 is 0 Å². The minimum absolute atomic E-state index is 1.07. The maximum Gasteiger partial charge on any atom is 0.0705 e. The molecule has 2 rings (SSSR count). The first-order valence-electron chi connectivity index (χ1n) is 6.33. The molecule has 0 radical (unpaired) electrons. The second kappa shape index (κ2) is 5.62. The summed E-state index contributed by atoms with van der Waals surface area (Å²) in [6.45, 7) is 4.25. The summed E-state index contributed by atoms with van der Waals surface area (Å²) in [7, 11) is 0. The Balaban J connectivity index is 2.20. The van der Waals surface area contributed by atoms with E-state index in [-0.39, 0.29) is 0 Å². The summed E-state index contributed by atoms with van der Waals surface area (Å²) in [5.74, 6) is 0. The lowest BCUT2D eigenvalue weighted by Gasteiger charge is -2.00. The fourth-order valence-corrected chi connectivity index (χ4v) is 1.89. The van der Waals surface area contributed by atoms with Crippen molar-refractivity contribution in [1.82, 2.24) is 4.98 Å².